The number of aliphatic hydroxyl groups is 1. The van der Waals surface area contributed by atoms with Crippen molar-refractivity contribution < 1.29 is 5.11 Å². The summed E-state index contributed by atoms with van der Waals surface area (Å²) in [6, 6.07) is 0. The van der Waals surface area contributed by atoms with Gasteiger partial charge in [0.15, 0.2) is 0 Å². The normalized spacial score (nSPS) is 33.4. The average molecular weight is 166 g/mol. The van der Waals surface area contributed by atoms with Gasteiger partial charge in [-0.1, -0.05) is 23.2 Å². The lowest BCUT2D eigenvalue weighted by Crippen LogP contribution is -2.37. The smallest absolute Gasteiger partial charge is 0.252 e. The predicted octanol–water partition coefficient (Wildman–Crippen LogP) is 1.11. The van der Waals surface area contributed by atoms with Crippen LogP contribution in [0.2, 0.25) is 0 Å². The first-order valence-corrected chi connectivity index (χ1v) is 3.10. The fraction of sp³-hybridized carbons (Fsp3) is 0.200. The Labute approximate surface area is 62.8 Å². The van der Waals surface area contributed by atoms with Crippen LogP contribution in [0.25, 0.3) is 0 Å². The Morgan fingerprint density at radius 2 is 2.33 bits per heavy atom. The Balaban J connectivity index is 2.83. The topological polar surface area (TPSA) is 32.3 Å². The van der Waals surface area contributed by atoms with Crippen molar-refractivity contribution in [2.24, 2.45) is 0 Å². The molecule has 9 heavy (non-hydrogen) atoms. The fourth-order valence-electron chi connectivity index (χ4n) is 0.471. The highest BCUT2D eigenvalue weighted by Crippen LogP contribution is 2.24. The zero-order chi connectivity index (χ0) is 6.91. The molecular formula is C5H5Cl2NO. The molecule has 0 bridgehead atoms. The average Bonchev–Trinajstić information content (AvgIpc) is 1.77. The summed E-state index contributed by atoms with van der Waals surface area (Å²) in [6.45, 7) is 0. The van der Waals surface area contributed by atoms with Gasteiger partial charge in [-0.15, -0.1) is 0 Å². The summed E-state index contributed by atoms with van der Waals surface area (Å²) in [5.74, 6) is 0. The highest BCUT2D eigenvalue weighted by atomic mass is 35.5. The largest absolute Gasteiger partial charge is 0.354 e. The van der Waals surface area contributed by atoms with Crippen molar-refractivity contribution in [3.8, 4) is 0 Å². The molecule has 0 fully saturated rings. The third-order valence-electron chi connectivity index (χ3n) is 0.930. The monoisotopic (exact) mass is 165 g/mol. The standard InChI is InChI=1S/C5H5Cl2NO/c6-4-2-1-3-8-5(4,7)9/h1-3,8-9H. The molecule has 0 spiro atoms. The summed E-state index contributed by atoms with van der Waals surface area (Å²) in [4.78, 5) is 0. The van der Waals surface area contributed by atoms with Crippen molar-refractivity contribution in [2.75, 3.05) is 0 Å². The predicted molar refractivity (Wildman–Crippen MR) is 37.0 cm³/mol. The van der Waals surface area contributed by atoms with Gasteiger partial charge in [0.1, 0.15) is 0 Å². The minimum Gasteiger partial charge on any atom is -0.354 e. The maximum atomic E-state index is 9.05. The third kappa shape index (κ3) is 1.39. The molecule has 0 amide bonds. The molecule has 1 rings (SSSR count). The van der Waals surface area contributed by atoms with Gasteiger partial charge in [0.05, 0.1) is 5.03 Å². The molecule has 0 aromatic rings. The van der Waals surface area contributed by atoms with Crippen LogP contribution in [0.15, 0.2) is 23.4 Å². The van der Waals surface area contributed by atoms with Crippen molar-refractivity contribution in [2.45, 2.75) is 5.18 Å². The number of allylic oxidation sites excluding steroid dienone is 2. The van der Waals surface area contributed by atoms with Crippen LogP contribution < -0.4 is 5.32 Å². The number of halogens is 2. The highest BCUT2D eigenvalue weighted by molar-refractivity contribution is 6.38. The summed E-state index contributed by atoms with van der Waals surface area (Å²) in [7, 11) is 0. The molecule has 1 unspecified atom stereocenters. The summed E-state index contributed by atoms with van der Waals surface area (Å²) in [6.07, 6.45) is 4.68. The molecule has 0 saturated heterocycles. The third-order valence-corrected chi connectivity index (χ3v) is 1.74. The molecule has 1 atom stereocenters. The number of alkyl halides is 1. The Morgan fingerprint density at radius 1 is 1.67 bits per heavy atom. The van der Waals surface area contributed by atoms with E-state index in [1.807, 2.05) is 0 Å². The number of dihydropyridines is 1. The second kappa shape index (κ2) is 2.21. The van der Waals surface area contributed by atoms with E-state index in [4.69, 9.17) is 28.3 Å². The second-order valence-electron chi connectivity index (χ2n) is 1.64. The van der Waals surface area contributed by atoms with Crippen LogP contribution in [0.5, 0.6) is 0 Å². The van der Waals surface area contributed by atoms with Crippen LogP contribution in [-0.2, 0) is 0 Å². The molecule has 1 aliphatic rings. The van der Waals surface area contributed by atoms with E-state index in [0.29, 0.717) is 0 Å². The highest BCUT2D eigenvalue weighted by Gasteiger charge is 2.26. The second-order valence-corrected chi connectivity index (χ2v) is 2.59. The van der Waals surface area contributed by atoms with E-state index in [-0.39, 0.29) is 5.03 Å². The molecule has 1 heterocycles. The number of rotatable bonds is 0. The van der Waals surface area contributed by atoms with Crippen LogP contribution in [0.1, 0.15) is 0 Å². The van der Waals surface area contributed by atoms with Gasteiger partial charge in [0.25, 0.3) is 5.18 Å². The molecule has 1 aliphatic heterocycles. The lowest BCUT2D eigenvalue weighted by Gasteiger charge is -2.21. The van der Waals surface area contributed by atoms with Crippen LogP contribution in [-0.4, -0.2) is 10.3 Å². The van der Waals surface area contributed by atoms with Gasteiger partial charge in [0, 0.05) is 6.20 Å². The van der Waals surface area contributed by atoms with Gasteiger partial charge in [-0.3, -0.25) is 0 Å². The molecule has 2 N–H and O–H groups in total. The van der Waals surface area contributed by atoms with Gasteiger partial charge >= 0.3 is 0 Å². The molecule has 0 radical (unpaired) electrons. The summed E-state index contributed by atoms with van der Waals surface area (Å²) < 4.78 is 0. The van der Waals surface area contributed by atoms with Crippen LogP contribution in [0, 0.1) is 0 Å². The van der Waals surface area contributed by atoms with E-state index in [0.717, 1.165) is 0 Å². The van der Waals surface area contributed by atoms with Crippen LogP contribution in [0.4, 0.5) is 0 Å². The Kier molecular flexibility index (Phi) is 1.70. The SMILES string of the molecule is OC1(Cl)NC=CC=C1Cl. The van der Waals surface area contributed by atoms with E-state index in [1.165, 1.54) is 12.3 Å². The van der Waals surface area contributed by atoms with Gasteiger partial charge in [-0.25, -0.2) is 0 Å². The molecule has 4 heteroatoms. The number of nitrogens with one attached hydrogen (secondary N) is 1. The zero-order valence-corrected chi connectivity index (χ0v) is 5.95. The molecule has 0 aromatic heterocycles. The van der Waals surface area contributed by atoms with Gasteiger partial charge in [-0.2, -0.15) is 0 Å². The molecule has 0 aromatic carbocycles. The van der Waals surface area contributed by atoms with Crippen molar-refractivity contribution >= 4 is 23.2 Å². The Hall–Kier alpha value is -0.180. The molecular weight excluding hydrogens is 161 g/mol. The first-order chi connectivity index (χ1) is 4.13. The molecule has 0 aliphatic carbocycles. The zero-order valence-electron chi connectivity index (χ0n) is 4.44. The summed E-state index contributed by atoms with van der Waals surface area (Å²) in [5, 5.41) is 10.1. The maximum absolute atomic E-state index is 9.05. The van der Waals surface area contributed by atoms with E-state index < -0.39 is 5.18 Å². The van der Waals surface area contributed by atoms with Crippen LogP contribution >= 0.6 is 23.2 Å². The van der Waals surface area contributed by atoms with E-state index >= 15 is 0 Å². The van der Waals surface area contributed by atoms with Gasteiger partial charge < -0.3 is 10.4 Å². The van der Waals surface area contributed by atoms with Crippen molar-refractivity contribution in [1.82, 2.24) is 5.32 Å². The summed E-state index contributed by atoms with van der Waals surface area (Å²) >= 11 is 10.9. The Morgan fingerprint density at radius 3 is 2.67 bits per heavy atom. The molecule has 2 nitrogen and oxygen atoms in total. The lowest BCUT2D eigenvalue weighted by molar-refractivity contribution is 0.151. The van der Waals surface area contributed by atoms with E-state index in [1.54, 1.807) is 6.08 Å². The number of hydrogen-bond donors (Lipinski definition) is 2. The maximum Gasteiger partial charge on any atom is 0.252 e. The lowest BCUT2D eigenvalue weighted by atomic mass is 10.3. The first kappa shape index (κ1) is 6.93. The minimum atomic E-state index is -1.60. The van der Waals surface area contributed by atoms with Crippen molar-refractivity contribution in [3.05, 3.63) is 23.4 Å². The number of hydrogen-bond acceptors (Lipinski definition) is 2. The van der Waals surface area contributed by atoms with Crippen LogP contribution in [0.3, 0.4) is 0 Å². The molecule has 50 valence electrons. The van der Waals surface area contributed by atoms with Gasteiger partial charge in [0.2, 0.25) is 0 Å². The fourth-order valence-corrected chi connectivity index (χ4v) is 0.724. The quantitative estimate of drug-likeness (QED) is 0.417. The van der Waals surface area contributed by atoms with E-state index in [9.17, 15) is 0 Å². The van der Waals surface area contributed by atoms with Crippen molar-refractivity contribution in [1.29, 1.82) is 0 Å². The van der Waals surface area contributed by atoms with Gasteiger partial charge in [-0.05, 0) is 12.2 Å². The molecule has 0 saturated carbocycles. The first-order valence-electron chi connectivity index (χ1n) is 2.35. The summed E-state index contributed by atoms with van der Waals surface area (Å²) in [5.41, 5.74) is 0. The van der Waals surface area contributed by atoms with Crippen molar-refractivity contribution in [3.63, 3.8) is 0 Å². The Bertz CT molecular complexity index is 174. The van der Waals surface area contributed by atoms with E-state index in [2.05, 4.69) is 5.32 Å². The minimum absolute atomic E-state index is 0.173.